The molecule has 1 aromatic rings. The second kappa shape index (κ2) is 6.20. The van der Waals surface area contributed by atoms with Gasteiger partial charge in [0, 0.05) is 12.5 Å². The summed E-state index contributed by atoms with van der Waals surface area (Å²) in [5.74, 6) is -0.00586. The van der Waals surface area contributed by atoms with Crippen molar-refractivity contribution in [2.75, 3.05) is 0 Å². The molecule has 0 bridgehead atoms. The number of primary amides is 1. The Bertz CT molecular complexity index is 456. The number of carbonyl (C=O) groups excluding carboxylic acids is 1. The molecule has 0 aromatic heterocycles. The molecule has 1 aliphatic rings. The van der Waals surface area contributed by atoms with E-state index in [4.69, 9.17) is 11.5 Å². The summed E-state index contributed by atoms with van der Waals surface area (Å²) in [7, 11) is 0. The molecule has 3 heteroatoms. The van der Waals surface area contributed by atoms with E-state index in [1.54, 1.807) is 0 Å². The lowest BCUT2D eigenvalue weighted by molar-refractivity contribution is -0.118. The van der Waals surface area contributed by atoms with Gasteiger partial charge in [-0.25, -0.2) is 0 Å². The Hall–Kier alpha value is -1.35. The van der Waals surface area contributed by atoms with Crippen molar-refractivity contribution in [3.63, 3.8) is 0 Å². The molecule has 1 aromatic carbocycles. The van der Waals surface area contributed by atoms with Gasteiger partial charge >= 0.3 is 0 Å². The minimum atomic E-state index is -0.245. The molecule has 0 saturated carbocycles. The third-order valence-corrected chi connectivity index (χ3v) is 4.01. The molecule has 0 heterocycles. The average molecular weight is 260 g/mol. The van der Waals surface area contributed by atoms with Crippen LogP contribution < -0.4 is 11.5 Å². The topological polar surface area (TPSA) is 69.1 Å². The second-order valence-corrected chi connectivity index (χ2v) is 5.85. The predicted molar refractivity (Wildman–Crippen MR) is 77.6 cm³/mol. The van der Waals surface area contributed by atoms with Crippen molar-refractivity contribution < 1.29 is 4.79 Å². The van der Waals surface area contributed by atoms with Gasteiger partial charge in [0.2, 0.25) is 5.91 Å². The number of nitrogens with two attached hydrogens (primary N) is 2. The summed E-state index contributed by atoms with van der Waals surface area (Å²) in [6.07, 6.45) is 6.17. The zero-order valence-electron chi connectivity index (χ0n) is 11.7. The van der Waals surface area contributed by atoms with Crippen LogP contribution in [0.5, 0.6) is 0 Å². The number of fused-ring (bicyclic) bond motifs is 1. The molecule has 0 fully saturated rings. The van der Waals surface area contributed by atoms with Gasteiger partial charge in [-0.15, -0.1) is 0 Å². The van der Waals surface area contributed by atoms with Crippen LogP contribution in [0.4, 0.5) is 0 Å². The van der Waals surface area contributed by atoms with E-state index in [1.807, 2.05) is 6.92 Å². The van der Waals surface area contributed by atoms with Crippen LogP contribution in [0.2, 0.25) is 0 Å². The molecule has 0 spiro atoms. The summed E-state index contributed by atoms with van der Waals surface area (Å²) < 4.78 is 0. The minimum absolute atomic E-state index is 0.00146. The maximum atomic E-state index is 10.9. The van der Waals surface area contributed by atoms with Crippen LogP contribution in [0.25, 0.3) is 0 Å². The van der Waals surface area contributed by atoms with E-state index in [0.717, 1.165) is 6.42 Å². The van der Waals surface area contributed by atoms with Crippen LogP contribution in [0, 0.1) is 5.92 Å². The molecule has 2 unspecified atom stereocenters. The molecule has 2 atom stereocenters. The zero-order chi connectivity index (χ0) is 13.8. The standard InChI is InChI=1S/C16H24N2O/c1-11(9-16(18)19)8-15(17)14-7-6-12-4-2-3-5-13(12)10-14/h6-7,10-11,15H,2-5,8-9,17H2,1H3,(H2,18,19). The molecule has 0 saturated heterocycles. The van der Waals surface area contributed by atoms with Gasteiger partial charge in [-0.3, -0.25) is 4.79 Å². The van der Waals surface area contributed by atoms with Gasteiger partial charge in [0.05, 0.1) is 0 Å². The highest BCUT2D eigenvalue weighted by molar-refractivity contribution is 5.73. The summed E-state index contributed by atoms with van der Waals surface area (Å²) in [6.45, 7) is 2.03. The third-order valence-electron chi connectivity index (χ3n) is 4.01. The molecule has 0 radical (unpaired) electrons. The lowest BCUT2D eigenvalue weighted by atomic mass is 9.87. The van der Waals surface area contributed by atoms with Gasteiger partial charge in [-0.05, 0) is 54.7 Å². The summed E-state index contributed by atoms with van der Waals surface area (Å²) in [4.78, 5) is 10.9. The first kappa shape index (κ1) is 14.1. The van der Waals surface area contributed by atoms with Crippen molar-refractivity contribution >= 4 is 5.91 Å². The second-order valence-electron chi connectivity index (χ2n) is 5.85. The van der Waals surface area contributed by atoms with Crippen LogP contribution in [0.1, 0.15) is 55.3 Å². The maximum Gasteiger partial charge on any atom is 0.217 e. The number of amides is 1. The number of carbonyl (C=O) groups is 1. The van der Waals surface area contributed by atoms with Crippen LogP contribution >= 0.6 is 0 Å². The molecule has 3 nitrogen and oxygen atoms in total. The Labute approximate surface area is 115 Å². The zero-order valence-corrected chi connectivity index (χ0v) is 11.7. The summed E-state index contributed by atoms with van der Waals surface area (Å²) in [5, 5.41) is 0. The molecule has 4 N–H and O–H groups in total. The SMILES string of the molecule is CC(CC(N)=O)CC(N)c1ccc2c(c1)CCCC2. The molecule has 1 amide bonds. The number of rotatable bonds is 5. The van der Waals surface area contributed by atoms with E-state index in [0.29, 0.717) is 6.42 Å². The van der Waals surface area contributed by atoms with E-state index in [9.17, 15) is 4.79 Å². The normalized spacial score (nSPS) is 17.6. The van der Waals surface area contributed by atoms with Crippen molar-refractivity contribution in [3.8, 4) is 0 Å². The number of benzene rings is 1. The minimum Gasteiger partial charge on any atom is -0.370 e. The van der Waals surface area contributed by atoms with Crippen molar-refractivity contribution in [1.29, 1.82) is 0 Å². The van der Waals surface area contributed by atoms with Gasteiger partial charge in [0.25, 0.3) is 0 Å². The Morgan fingerprint density at radius 2 is 1.95 bits per heavy atom. The highest BCUT2D eigenvalue weighted by Crippen LogP contribution is 2.27. The van der Waals surface area contributed by atoms with Gasteiger partial charge in [-0.2, -0.15) is 0 Å². The van der Waals surface area contributed by atoms with Crippen LogP contribution in [0.15, 0.2) is 18.2 Å². The number of hydrogen-bond acceptors (Lipinski definition) is 2. The smallest absolute Gasteiger partial charge is 0.217 e. The summed E-state index contributed by atoms with van der Waals surface area (Å²) in [5.41, 5.74) is 15.6. The van der Waals surface area contributed by atoms with Crippen molar-refractivity contribution in [2.24, 2.45) is 17.4 Å². The van der Waals surface area contributed by atoms with E-state index in [1.165, 1.54) is 42.4 Å². The first-order valence-electron chi connectivity index (χ1n) is 7.22. The molecule has 0 aliphatic heterocycles. The molecule has 104 valence electrons. The van der Waals surface area contributed by atoms with Crippen LogP contribution in [0.3, 0.4) is 0 Å². The third kappa shape index (κ3) is 3.80. The van der Waals surface area contributed by atoms with Crippen molar-refractivity contribution in [3.05, 3.63) is 34.9 Å². The molecular formula is C16H24N2O. The number of aryl methyl sites for hydroxylation is 2. The maximum absolute atomic E-state index is 10.9. The van der Waals surface area contributed by atoms with Crippen LogP contribution in [-0.2, 0) is 17.6 Å². The molecular weight excluding hydrogens is 236 g/mol. The van der Waals surface area contributed by atoms with Gasteiger partial charge < -0.3 is 11.5 Å². The van der Waals surface area contributed by atoms with E-state index in [2.05, 4.69) is 18.2 Å². The summed E-state index contributed by atoms with van der Waals surface area (Å²) in [6, 6.07) is 6.63. The summed E-state index contributed by atoms with van der Waals surface area (Å²) >= 11 is 0. The largest absolute Gasteiger partial charge is 0.370 e. The Morgan fingerprint density at radius 3 is 2.63 bits per heavy atom. The number of hydrogen-bond donors (Lipinski definition) is 2. The van der Waals surface area contributed by atoms with Gasteiger partial charge in [0.15, 0.2) is 0 Å². The molecule has 1 aliphatic carbocycles. The average Bonchev–Trinajstić information content (AvgIpc) is 2.37. The highest BCUT2D eigenvalue weighted by atomic mass is 16.1. The Kier molecular flexibility index (Phi) is 4.59. The lowest BCUT2D eigenvalue weighted by Crippen LogP contribution is -2.20. The highest BCUT2D eigenvalue weighted by Gasteiger charge is 2.15. The van der Waals surface area contributed by atoms with Crippen molar-refractivity contribution in [2.45, 2.75) is 51.5 Å². The van der Waals surface area contributed by atoms with E-state index >= 15 is 0 Å². The first-order valence-corrected chi connectivity index (χ1v) is 7.22. The fourth-order valence-corrected chi connectivity index (χ4v) is 2.98. The van der Waals surface area contributed by atoms with Crippen LogP contribution in [-0.4, -0.2) is 5.91 Å². The fourth-order valence-electron chi connectivity index (χ4n) is 2.98. The van der Waals surface area contributed by atoms with E-state index < -0.39 is 0 Å². The lowest BCUT2D eigenvalue weighted by Gasteiger charge is -2.21. The van der Waals surface area contributed by atoms with E-state index in [-0.39, 0.29) is 17.9 Å². The molecule has 2 rings (SSSR count). The van der Waals surface area contributed by atoms with Gasteiger partial charge in [-0.1, -0.05) is 25.1 Å². The molecule has 19 heavy (non-hydrogen) atoms. The Morgan fingerprint density at radius 1 is 1.26 bits per heavy atom. The monoisotopic (exact) mass is 260 g/mol. The van der Waals surface area contributed by atoms with Crippen molar-refractivity contribution in [1.82, 2.24) is 0 Å². The van der Waals surface area contributed by atoms with Gasteiger partial charge in [0.1, 0.15) is 0 Å². The Balaban J connectivity index is 2.02. The predicted octanol–water partition coefficient (Wildman–Crippen LogP) is 2.47. The fraction of sp³-hybridized carbons (Fsp3) is 0.562. The first-order chi connectivity index (χ1) is 9.06. The quantitative estimate of drug-likeness (QED) is 0.854.